The molecule has 1 rings (SSSR count). The van der Waals surface area contributed by atoms with Crippen molar-refractivity contribution in [2.75, 3.05) is 11.9 Å². The zero-order chi connectivity index (χ0) is 15.4. The number of nitrogens with one attached hydrogen (secondary N) is 1. The number of rotatable bonds is 4. The summed E-state index contributed by atoms with van der Waals surface area (Å²) in [4.78, 5) is 11.7. The van der Waals surface area contributed by atoms with Crippen LogP contribution >= 0.6 is 0 Å². The summed E-state index contributed by atoms with van der Waals surface area (Å²) in [5.74, 6) is 0. The zero-order valence-electron chi connectivity index (χ0n) is 13.0. The SMILES string of the molecule is CC(C)(CO)Cc1cccc(NC(=O)OC(C)(C)C)c1. The number of amides is 1. The van der Waals surface area contributed by atoms with Crippen molar-refractivity contribution < 1.29 is 14.6 Å². The van der Waals surface area contributed by atoms with Gasteiger partial charge in [-0.2, -0.15) is 0 Å². The molecule has 4 nitrogen and oxygen atoms in total. The molecule has 2 N–H and O–H groups in total. The van der Waals surface area contributed by atoms with Gasteiger partial charge in [-0.15, -0.1) is 0 Å². The summed E-state index contributed by atoms with van der Waals surface area (Å²) in [5.41, 5.74) is 1.08. The molecule has 0 heterocycles. The van der Waals surface area contributed by atoms with Gasteiger partial charge in [0.25, 0.3) is 0 Å². The number of benzene rings is 1. The van der Waals surface area contributed by atoms with Crippen molar-refractivity contribution in [2.24, 2.45) is 5.41 Å². The Labute approximate surface area is 121 Å². The van der Waals surface area contributed by atoms with Crippen LogP contribution in [0.5, 0.6) is 0 Å². The molecule has 0 fully saturated rings. The van der Waals surface area contributed by atoms with Gasteiger partial charge in [0, 0.05) is 12.3 Å². The topological polar surface area (TPSA) is 58.6 Å². The van der Waals surface area contributed by atoms with Gasteiger partial charge in [-0.05, 0) is 50.3 Å². The van der Waals surface area contributed by atoms with Crippen LogP contribution in [0.25, 0.3) is 0 Å². The third kappa shape index (κ3) is 6.06. The summed E-state index contributed by atoms with van der Waals surface area (Å²) in [5, 5.41) is 12.0. The van der Waals surface area contributed by atoms with Gasteiger partial charge in [0.2, 0.25) is 0 Å². The molecule has 0 radical (unpaired) electrons. The third-order valence-corrected chi connectivity index (χ3v) is 2.68. The van der Waals surface area contributed by atoms with Crippen LogP contribution in [-0.2, 0) is 11.2 Å². The molecular weight excluding hydrogens is 254 g/mol. The Morgan fingerprint density at radius 1 is 1.25 bits per heavy atom. The maximum Gasteiger partial charge on any atom is 0.412 e. The second-order valence-electron chi connectivity index (χ2n) is 6.83. The number of anilines is 1. The van der Waals surface area contributed by atoms with E-state index in [0.717, 1.165) is 12.0 Å². The predicted octanol–water partition coefficient (Wildman–Crippen LogP) is 3.59. The fourth-order valence-electron chi connectivity index (χ4n) is 1.79. The van der Waals surface area contributed by atoms with E-state index >= 15 is 0 Å². The fraction of sp³-hybridized carbons (Fsp3) is 0.562. The first kappa shape index (κ1) is 16.5. The summed E-state index contributed by atoms with van der Waals surface area (Å²) in [6, 6.07) is 7.59. The van der Waals surface area contributed by atoms with Gasteiger partial charge in [0.05, 0.1) is 0 Å². The van der Waals surface area contributed by atoms with E-state index in [0.29, 0.717) is 5.69 Å². The molecule has 0 bridgehead atoms. The molecular formula is C16H25NO3. The smallest absolute Gasteiger partial charge is 0.412 e. The minimum Gasteiger partial charge on any atom is -0.444 e. The van der Waals surface area contributed by atoms with Gasteiger partial charge in [0.15, 0.2) is 0 Å². The first-order valence-electron chi connectivity index (χ1n) is 6.81. The van der Waals surface area contributed by atoms with Crippen LogP contribution in [0.4, 0.5) is 10.5 Å². The molecule has 0 aliphatic heterocycles. The van der Waals surface area contributed by atoms with Crippen molar-refractivity contribution in [3.8, 4) is 0 Å². The van der Waals surface area contributed by atoms with E-state index in [9.17, 15) is 9.90 Å². The maximum atomic E-state index is 11.7. The molecule has 0 atom stereocenters. The second-order valence-corrected chi connectivity index (χ2v) is 6.83. The predicted molar refractivity (Wildman–Crippen MR) is 80.9 cm³/mol. The van der Waals surface area contributed by atoms with E-state index < -0.39 is 11.7 Å². The summed E-state index contributed by atoms with van der Waals surface area (Å²) in [7, 11) is 0. The zero-order valence-corrected chi connectivity index (χ0v) is 13.0. The summed E-state index contributed by atoms with van der Waals surface area (Å²) >= 11 is 0. The van der Waals surface area contributed by atoms with Gasteiger partial charge in [-0.25, -0.2) is 4.79 Å². The number of aliphatic hydroxyl groups is 1. The van der Waals surface area contributed by atoms with Crippen LogP contribution < -0.4 is 5.32 Å². The number of hydrogen-bond donors (Lipinski definition) is 2. The van der Waals surface area contributed by atoms with Crippen molar-refractivity contribution >= 4 is 11.8 Å². The number of ether oxygens (including phenoxy) is 1. The molecule has 1 amide bonds. The van der Waals surface area contributed by atoms with E-state index in [-0.39, 0.29) is 12.0 Å². The van der Waals surface area contributed by atoms with Crippen LogP contribution in [-0.4, -0.2) is 23.4 Å². The van der Waals surface area contributed by atoms with Crippen LogP contribution in [0, 0.1) is 5.41 Å². The molecule has 0 aromatic heterocycles. The van der Waals surface area contributed by atoms with Crippen LogP contribution in [0.15, 0.2) is 24.3 Å². The monoisotopic (exact) mass is 279 g/mol. The number of aliphatic hydroxyl groups excluding tert-OH is 1. The van der Waals surface area contributed by atoms with E-state index in [1.807, 2.05) is 58.9 Å². The molecule has 0 aliphatic carbocycles. The lowest BCUT2D eigenvalue weighted by molar-refractivity contribution is 0.0636. The largest absolute Gasteiger partial charge is 0.444 e. The molecule has 20 heavy (non-hydrogen) atoms. The number of carbonyl (C=O) groups excluding carboxylic acids is 1. The molecule has 0 unspecified atom stereocenters. The maximum absolute atomic E-state index is 11.7. The van der Waals surface area contributed by atoms with Crippen molar-refractivity contribution in [3.05, 3.63) is 29.8 Å². The Balaban J connectivity index is 2.71. The van der Waals surface area contributed by atoms with Crippen molar-refractivity contribution in [2.45, 2.75) is 46.6 Å². The van der Waals surface area contributed by atoms with E-state index in [2.05, 4.69) is 5.32 Å². The molecule has 0 saturated heterocycles. The highest BCUT2D eigenvalue weighted by molar-refractivity contribution is 5.84. The van der Waals surface area contributed by atoms with Gasteiger partial charge < -0.3 is 9.84 Å². The summed E-state index contributed by atoms with van der Waals surface area (Å²) in [6.07, 6.45) is 0.281. The van der Waals surface area contributed by atoms with Gasteiger partial charge in [-0.1, -0.05) is 26.0 Å². The van der Waals surface area contributed by atoms with E-state index in [1.54, 1.807) is 0 Å². The number of carbonyl (C=O) groups is 1. The summed E-state index contributed by atoms with van der Waals surface area (Å²) < 4.78 is 5.21. The quantitative estimate of drug-likeness (QED) is 0.885. The normalized spacial score (nSPS) is 12.1. The minimum absolute atomic E-state index is 0.122. The highest BCUT2D eigenvalue weighted by Crippen LogP contribution is 2.23. The highest BCUT2D eigenvalue weighted by Gasteiger charge is 2.18. The van der Waals surface area contributed by atoms with Gasteiger partial charge in [-0.3, -0.25) is 5.32 Å². The van der Waals surface area contributed by atoms with Crippen LogP contribution in [0.3, 0.4) is 0 Å². The highest BCUT2D eigenvalue weighted by atomic mass is 16.6. The van der Waals surface area contributed by atoms with E-state index in [1.165, 1.54) is 0 Å². The van der Waals surface area contributed by atoms with Crippen molar-refractivity contribution in [3.63, 3.8) is 0 Å². The lowest BCUT2D eigenvalue weighted by atomic mass is 9.87. The lowest BCUT2D eigenvalue weighted by Crippen LogP contribution is -2.27. The Hall–Kier alpha value is -1.55. The Morgan fingerprint density at radius 3 is 2.45 bits per heavy atom. The molecule has 0 spiro atoms. The van der Waals surface area contributed by atoms with Crippen LogP contribution in [0.1, 0.15) is 40.2 Å². The molecule has 0 saturated carbocycles. The van der Waals surface area contributed by atoms with Crippen molar-refractivity contribution in [1.82, 2.24) is 0 Å². The van der Waals surface area contributed by atoms with Crippen molar-refractivity contribution in [1.29, 1.82) is 0 Å². The summed E-state index contributed by atoms with van der Waals surface area (Å²) in [6.45, 7) is 9.60. The molecule has 1 aromatic carbocycles. The number of hydrogen-bond acceptors (Lipinski definition) is 3. The van der Waals surface area contributed by atoms with Gasteiger partial charge >= 0.3 is 6.09 Å². The van der Waals surface area contributed by atoms with E-state index in [4.69, 9.17) is 4.74 Å². The second kappa shape index (κ2) is 6.27. The average Bonchev–Trinajstić information content (AvgIpc) is 2.26. The fourth-order valence-corrected chi connectivity index (χ4v) is 1.79. The first-order chi connectivity index (χ1) is 9.11. The van der Waals surface area contributed by atoms with Crippen LogP contribution in [0.2, 0.25) is 0 Å². The Kier molecular flexibility index (Phi) is 5.17. The molecule has 112 valence electrons. The average molecular weight is 279 g/mol. The first-order valence-corrected chi connectivity index (χ1v) is 6.81. The van der Waals surface area contributed by atoms with Gasteiger partial charge in [0.1, 0.15) is 5.60 Å². The molecule has 4 heteroatoms. The lowest BCUT2D eigenvalue weighted by Gasteiger charge is -2.22. The minimum atomic E-state index is -0.513. The molecule has 1 aromatic rings. The Bertz CT molecular complexity index is 461. The standard InChI is InChI=1S/C16H25NO3/c1-15(2,3)20-14(19)17-13-8-6-7-12(9-13)10-16(4,5)11-18/h6-9,18H,10-11H2,1-5H3,(H,17,19). The molecule has 0 aliphatic rings. The Morgan fingerprint density at radius 2 is 1.90 bits per heavy atom. The third-order valence-electron chi connectivity index (χ3n) is 2.68.